The van der Waals surface area contributed by atoms with E-state index in [4.69, 9.17) is 4.74 Å². The SMILES string of the molecule is CCOc1ccc(NCc2cccc(Br)c2)c(C)c1. The zero-order valence-corrected chi connectivity index (χ0v) is 12.8. The average molecular weight is 320 g/mol. The van der Waals surface area contributed by atoms with Crippen LogP contribution in [0.1, 0.15) is 18.1 Å². The molecule has 0 atom stereocenters. The highest BCUT2D eigenvalue weighted by atomic mass is 79.9. The summed E-state index contributed by atoms with van der Waals surface area (Å²) in [5, 5.41) is 3.45. The minimum Gasteiger partial charge on any atom is -0.494 e. The summed E-state index contributed by atoms with van der Waals surface area (Å²) < 4.78 is 6.59. The van der Waals surface area contributed by atoms with E-state index < -0.39 is 0 Å². The molecule has 3 heteroatoms. The van der Waals surface area contributed by atoms with Crippen molar-refractivity contribution in [2.45, 2.75) is 20.4 Å². The van der Waals surface area contributed by atoms with E-state index in [2.05, 4.69) is 52.4 Å². The van der Waals surface area contributed by atoms with Gasteiger partial charge in [0.05, 0.1) is 6.61 Å². The molecule has 0 bridgehead atoms. The first kappa shape index (κ1) is 13.9. The lowest BCUT2D eigenvalue weighted by Gasteiger charge is -2.11. The number of halogens is 1. The molecule has 0 aliphatic rings. The Balaban J connectivity index is 2.03. The van der Waals surface area contributed by atoms with Crippen LogP contribution in [0.2, 0.25) is 0 Å². The third-order valence-electron chi connectivity index (χ3n) is 2.88. The van der Waals surface area contributed by atoms with Crippen molar-refractivity contribution in [1.29, 1.82) is 0 Å². The highest BCUT2D eigenvalue weighted by Gasteiger charge is 2.01. The normalized spacial score (nSPS) is 10.3. The summed E-state index contributed by atoms with van der Waals surface area (Å²) in [7, 11) is 0. The quantitative estimate of drug-likeness (QED) is 0.857. The Morgan fingerprint density at radius 3 is 2.68 bits per heavy atom. The van der Waals surface area contributed by atoms with Gasteiger partial charge in [-0.2, -0.15) is 0 Å². The Bertz CT molecular complexity index is 554. The van der Waals surface area contributed by atoms with Gasteiger partial charge >= 0.3 is 0 Å². The summed E-state index contributed by atoms with van der Waals surface area (Å²) in [5.41, 5.74) is 3.59. The van der Waals surface area contributed by atoms with E-state index >= 15 is 0 Å². The molecule has 2 aromatic carbocycles. The molecule has 2 rings (SSSR count). The van der Waals surface area contributed by atoms with Crippen LogP contribution < -0.4 is 10.1 Å². The van der Waals surface area contributed by atoms with Crippen LogP contribution in [0.3, 0.4) is 0 Å². The van der Waals surface area contributed by atoms with E-state index in [0.29, 0.717) is 6.61 Å². The molecule has 0 amide bonds. The molecule has 100 valence electrons. The van der Waals surface area contributed by atoms with Gasteiger partial charge in [-0.15, -0.1) is 0 Å². The summed E-state index contributed by atoms with van der Waals surface area (Å²) in [6, 6.07) is 14.4. The highest BCUT2D eigenvalue weighted by molar-refractivity contribution is 9.10. The van der Waals surface area contributed by atoms with Gasteiger partial charge in [-0.3, -0.25) is 0 Å². The topological polar surface area (TPSA) is 21.3 Å². The monoisotopic (exact) mass is 319 g/mol. The summed E-state index contributed by atoms with van der Waals surface area (Å²) in [5.74, 6) is 0.924. The van der Waals surface area contributed by atoms with Gasteiger partial charge in [0, 0.05) is 16.7 Å². The second-order valence-corrected chi connectivity index (χ2v) is 5.31. The standard InChI is InChI=1S/C16H18BrNO/c1-3-19-15-7-8-16(12(2)9-15)18-11-13-5-4-6-14(17)10-13/h4-10,18H,3,11H2,1-2H3. The molecule has 2 nitrogen and oxygen atoms in total. The molecule has 19 heavy (non-hydrogen) atoms. The third kappa shape index (κ3) is 4.00. The van der Waals surface area contributed by atoms with Crippen molar-refractivity contribution < 1.29 is 4.74 Å². The minimum absolute atomic E-state index is 0.699. The van der Waals surface area contributed by atoms with Gasteiger partial charge in [0.1, 0.15) is 5.75 Å². The number of anilines is 1. The number of rotatable bonds is 5. The molecule has 1 N–H and O–H groups in total. The Kier molecular flexibility index (Phi) is 4.86. The van der Waals surface area contributed by atoms with Gasteiger partial charge in [0.15, 0.2) is 0 Å². The largest absolute Gasteiger partial charge is 0.494 e. The lowest BCUT2D eigenvalue weighted by molar-refractivity contribution is 0.340. The second kappa shape index (κ2) is 6.62. The summed E-state index contributed by atoms with van der Waals surface area (Å²) in [6.45, 7) is 5.60. The van der Waals surface area contributed by atoms with Crippen molar-refractivity contribution in [3.63, 3.8) is 0 Å². The first-order valence-electron chi connectivity index (χ1n) is 6.41. The van der Waals surface area contributed by atoms with Crippen LogP contribution in [-0.2, 0) is 6.54 Å². The van der Waals surface area contributed by atoms with Crippen LogP contribution in [0, 0.1) is 6.92 Å². The number of hydrogen-bond donors (Lipinski definition) is 1. The molecule has 0 aromatic heterocycles. The van der Waals surface area contributed by atoms with Crippen LogP contribution in [0.4, 0.5) is 5.69 Å². The van der Waals surface area contributed by atoms with Crippen molar-refractivity contribution in [2.24, 2.45) is 0 Å². The van der Waals surface area contributed by atoms with E-state index in [1.807, 2.05) is 25.1 Å². The maximum atomic E-state index is 5.49. The fraction of sp³-hybridized carbons (Fsp3) is 0.250. The van der Waals surface area contributed by atoms with Gasteiger partial charge in [-0.1, -0.05) is 28.1 Å². The fourth-order valence-electron chi connectivity index (χ4n) is 1.94. The second-order valence-electron chi connectivity index (χ2n) is 4.39. The first-order chi connectivity index (χ1) is 9.19. The molecule has 0 aliphatic carbocycles. The number of benzene rings is 2. The van der Waals surface area contributed by atoms with E-state index in [1.165, 1.54) is 11.1 Å². The van der Waals surface area contributed by atoms with E-state index in [0.717, 1.165) is 22.5 Å². The van der Waals surface area contributed by atoms with E-state index in [-0.39, 0.29) is 0 Å². The van der Waals surface area contributed by atoms with Crippen LogP contribution in [0.25, 0.3) is 0 Å². The lowest BCUT2D eigenvalue weighted by atomic mass is 10.1. The van der Waals surface area contributed by atoms with Gasteiger partial charge in [-0.05, 0) is 55.3 Å². The molecular weight excluding hydrogens is 302 g/mol. The zero-order valence-electron chi connectivity index (χ0n) is 11.2. The van der Waals surface area contributed by atoms with Crippen molar-refractivity contribution in [3.05, 3.63) is 58.1 Å². The average Bonchev–Trinajstić information content (AvgIpc) is 2.38. The Morgan fingerprint density at radius 2 is 2.00 bits per heavy atom. The molecule has 0 fully saturated rings. The molecule has 0 saturated heterocycles. The van der Waals surface area contributed by atoms with Gasteiger partial charge in [-0.25, -0.2) is 0 Å². The summed E-state index contributed by atoms with van der Waals surface area (Å²) in [4.78, 5) is 0. The summed E-state index contributed by atoms with van der Waals surface area (Å²) in [6.07, 6.45) is 0. The predicted octanol–water partition coefficient (Wildman–Crippen LogP) is 4.77. The fourth-order valence-corrected chi connectivity index (χ4v) is 2.38. The molecule has 0 saturated carbocycles. The Hall–Kier alpha value is -1.48. The Morgan fingerprint density at radius 1 is 1.16 bits per heavy atom. The highest BCUT2D eigenvalue weighted by Crippen LogP contribution is 2.22. The molecule has 0 unspecified atom stereocenters. The maximum Gasteiger partial charge on any atom is 0.119 e. The Labute approximate surface area is 122 Å². The first-order valence-corrected chi connectivity index (χ1v) is 7.20. The van der Waals surface area contributed by atoms with Gasteiger partial charge in [0.2, 0.25) is 0 Å². The van der Waals surface area contributed by atoms with Crippen molar-refractivity contribution in [3.8, 4) is 5.75 Å². The molecule has 2 aromatic rings. The van der Waals surface area contributed by atoms with Crippen LogP contribution in [0.5, 0.6) is 5.75 Å². The van der Waals surface area contributed by atoms with Crippen LogP contribution in [0.15, 0.2) is 46.9 Å². The molecule has 0 aliphatic heterocycles. The van der Waals surface area contributed by atoms with Crippen molar-refractivity contribution >= 4 is 21.6 Å². The number of aryl methyl sites for hydroxylation is 1. The lowest BCUT2D eigenvalue weighted by Crippen LogP contribution is -2.01. The zero-order chi connectivity index (χ0) is 13.7. The number of ether oxygens (including phenoxy) is 1. The molecule has 0 heterocycles. The van der Waals surface area contributed by atoms with E-state index in [9.17, 15) is 0 Å². The van der Waals surface area contributed by atoms with E-state index in [1.54, 1.807) is 0 Å². The maximum absolute atomic E-state index is 5.49. The summed E-state index contributed by atoms with van der Waals surface area (Å²) >= 11 is 3.49. The minimum atomic E-state index is 0.699. The van der Waals surface area contributed by atoms with Crippen molar-refractivity contribution in [1.82, 2.24) is 0 Å². The smallest absolute Gasteiger partial charge is 0.119 e. The van der Waals surface area contributed by atoms with Crippen molar-refractivity contribution in [2.75, 3.05) is 11.9 Å². The number of nitrogens with one attached hydrogen (secondary N) is 1. The van der Waals surface area contributed by atoms with Crippen LogP contribution >= 0.6 is 15.9 Å². The molecule has 0 spiro atoms. The third-order valence-corrected chi connectivity index (χ3v) is 3.37. The van der Waals surface area contributed by atoms with Gasteiger partial charge in [0.25, 0.3) is 0 Å². The molecule has 0 radical (unpaired) electrons. The van der Waals surface area contributed by atoms with Gasteiger partial charge < -0.3 is 10.1 Å². The molecular formula is C16H18BrNO. The predicted molar refractivity (Wildman–Crippen MR) is 83.8 cm³/mol. The van der Waals surface area contributed by atoms with Crippen LogP contribution in [-0.4, -0.2) is 6.61 Å². The number of hydrogen-bond acceptors (Lipinski definition) is 2.